The molecule has 2 N–H and O–H groups in total. The van der Waals surface area contributed by atoms with Crippen molar-refractivity contribution in [3.8, 4) is 17.2 Å². The van der Waals surface area contributed by atoms with Crippen molar-refractivity contribution < 1.29 is 28.9 Å². The number of hydrogen-bond donors (Lipinski definition) is 2. The van der Waals surface area contributed by atoms with Gasteiger partial charge in [-0.1, -0.05) is 24.3 Å². The summed E-state index contributed by atoms with van der Waals surface area (Å²) in [5.74, 6) is 0.215. The van der Waals surface area contributed by atoms with E-state index < -0.39 is 11.9 Å². The van der Waals surface area contributed by atoms with Gasteiger partial charge in [0.2, 0.25) is 0 Å². The molecule has 0 bridgehead atoms. The SMILES string of the molecule is CCOc1ccc(C(=O)N/N=C/c2ccccc2OCc2ccc(C(=O)O)cc2)cc1OC. The number of nitrogens with zero attached hydrogens (tertiary/aromatic N) is 1. The summed E-state index contributed by atoms with van der Waals surface area (Å²) in [7, 11) is 1.51. The van der Waals surface area contributed by atoms with Crippen molar-refractivity contribution in [1.82, 2.24) is 5.43 Å². The van der Waals surface area contributed by atoms with E-state index in [0.717, 1.165) is 5.56 Å². The zero-order valence-electron chi connectivity index (χ0n) is 18.3. The number of para-hydroxylation sites is 1. The minimum absolute atomic E-state index is 0.215. The first kappa shape index (κ1) is 23.3. The van der Waals surface area contributed by atoms with E-state index in [-0.39, 0.29) is 12.2 Å². The quantitative estimate of drug-likeness (QED) is 0.357. The molecule has 33 heavy (non-hydrogen) atoms. The van der Waals surface area contributed by atoms with Gasteiger partial charge < -0.3 is 19.3 Å². The molecule has 3 aromatic carbocycles. The number of hydrazone groups is 1. The molecule has 0 spiro atoms. The molecule has 3 aromatic rings. The van der Waals surface area contributed by atoms with Crippen LogP contribution in [0.2, 0.25) is 0 Å². The van der Waals surface area contributed by atoms with Gasteiger partial charge in [-0.05, 0) is 55.0 Å². The van der Waals surface area contributed by atoms with Crippen LogP contribution in [-0.2, 0) is 6.61 Å². The Hall–Kier alpha value is -4.33. The molecule has 0 aliphatic rings. The first-order valence-corrected chi connectivity index (χ1v) is 10.2. The Morgan fingerprint density at radius 1 is 0.939 bits per heavy atom. The Bertz CT molecular complexity index is 1140. The van der Waals surface area contributed by atoms with Crippen LogP contribution in [0.4, 0.5) is 0 Å². The van der Waals surface area contributed by atoms with Crippen molar-refractivity contribution in [2.45, 2.75) is 13.5 Å². The van der Waals surface area contributed by atoms with Crippen LogP contribution in [0.1, 0.15) is 38.8 Å². The minimum Gasteiger partial charge on any atom is -0.493 e. The van der Waals surface area contributed by atoms with Crippen molar-refractivity contribution in [1.29, 1.82) is 0 Å². The summed E-state index contributed by atoms with van der Waals surface area (Å²) in [4.78, 5) is 23.4. The van der Waals surface area contributed by atoms with E-state index in [4.69, 9.17) is 19.3 Å². The van der Waals surface area contributed by atoms with Crippen LogP contribution < -0.4 is 19.6 Å². The highest BCUT2D eigenvalue weighted by Crippen LogP contribution is 2.28. The fourth-order valence-electron chi connectivity index (χ4n) is 2.93. The van der Waals surface area contributed by atoms with E-state index in [1.165, 1.54) is 25.5 Å². The molecule has 0 heterocycles. The molecular formula is C25H24N2O6. The van der Waals surface area contributed by atoms with Gasteiger partial charge in [-0.15, -0.1) is 0 Å². The third-order valence-corrected chi connectivity index (χ3v) is 4.61. The number of carboxylic acid groups (broad SMARTS) is 1. The Morgan fingerprint density at radius 2 is 1.67 bits per heavy atom. The van der Waals surface area contributed by atoms with Gasteiger partial charge in [0.1, 0.15) is 12.4 Å². The average molecular weight is 448 g/mol. The lowest BCUT2D eigenvalue weighted by molar-refractivity contribution is 0.0696. The third kappa shape index (κ3) is 6.33. The number of rotatable bonds is 10. The zero-order chi connectivity index (χ0) is 23.6. The van der Waals surface area contributed by atoms with Gasteiger partial charge in [-0.3, -0.25) is 4.79 Å². The summed E-state index contributed by atoms with van der Waals surface area (Å²) in [6.45, 7) is 2.61. The standard InChI is InChI=1S/C25H24N2O6/c1-3-32-22-13-12-19(14-23(22)31-2)24(28)27-26-15-20-6-4-5-7-21(20)33-16-17-8-10-18(11-9-17)25(29)30/h4-15H,3,16H2,1-2H3,(H,27,28)(H,29,30)/b26-15+. The van der Waals surface area contributed by atoms with Crippen LogP contribution in [0.5, 0.6) is 17.2 Å². The lowest BCUT2D eigenvalue weighted by Gasteiger charge is -2.10. The lowest BCUT2D eigenvalue weighted by atomic mass is 10.1. The largest absolute Gasteiger partial charge is 0.493 e. The van der Waals surface area contributed by atoms with Crippen LogP contribution in [0.15, 0.2) is 71.8 Å². The highest BCUT2D eigenvalue weighted by atomic mass is 16.5. The fraction of sp³-hybridized carbons (Fsp3) is 0.160. The van der Waals surface area contributed by atoms with E-state index in [1.807, 2.05) is 19.1 Å². The van der Waals surface area contributed by atoms with E-state index in [1.54, 1.807) is 42.5 Å². The Morgan fingerprint density at radius 3 is 2.36 bits per heavy atom. The molecule has 3 rings (SSSR count). The molecule has 170 valence electrons. The minimum atomic E-state index is -0.977. The van der Waals surface area contributed by atoms with Gasteiger partial charge in [-0.2, -0.15) is 5.10 Å². The normalized spacial score (nSPS) is 10.6. The lowest BCUT2D eigenvalue weighted by Crippen LogP contribution is -2.17. The van der Waals surface area contributed by atoms with Crippen molar-refractivity contribution >= 4 is 18.1 Å². The number of aromatic carboxylic acids is 1. The van der Waals surface area contributed by atoms with Crippen molar-refractivity contribution in [3.63, 3.8) is 0 Å². The second-order valence-corrected chi connectivity index (χ2v) is 6.83. The van der Waals surface area contributed by atoms with E-state index in [9.17, 15) is 9.59 Å². The molecular weight excluding hydrogens is 424 g/mol. The second kappa shape index (κ2) is 11.3. The molecule has 0 aliphatic carbocycles. The number of carbonyl (C=O) groups is 2. The van der Waals surface area contributed by atoms with Crippen molar-refractivity contribution in [3.05, 3.63) is 89.0 Å². The number of ether oxygens (including phenoxy) is 3. The van der Waals surface area contributed by atoms with Crippen LogP contribution in [0.25, 0.3) is 0 Å². The highest BCUT2D eigenvalue weighted by molar-refractivity contribution is 5.95. The Kier molecular flexibility index (Phi) is 8.02. The first-order chi connectivity index (χ1) is 16.0. The predicted octanol–water partition coefficient (Wildman–Crippen LogP) is 4.14. The molecule has 0 unspecified atom stereocenters. The molecule has 0 radical (unpaired) electrons. The molecule has 1 amide bonds. The third-order valence-electron chi connectivity index (χ3n) is 4.61. The Labute approximate surface area is 191 Å². The maximum absolute atomic E-state index is 12.4. The number of benzene rings is 3. The molecule has 0 aromatic heterocycles. The summed E-state index contributed by atoms with van der Waals surface area (Å²) in [5, 5.41) is 13.0. The van der Waals surface area contributed by atoms with Gasteiger partial charge in [0, 0.05) is 11.1 Å². The van der Waals surface area contributed by atoms with Gasteiger partial charge >= 0.3 is 5.97 Å². The Balaban J connectivity index is 1.63. The summed E-state index contributed by atoms with van der Waals surface area (Å²) >= 11 is 0. The number of methoxy groups -OCH3 is 1. The van der Waals surface area contributed by atoms with E-state index in [0.29, 0.717) is 35.0 Å². The van der Waals surface area contributed by atoms with Crippen molar-refractivity contribution in [2.24, 2.45) is 5.10 Å². The van der Waals surface area contributed by atoms with Gasteiger partial charge in [0.15, 0.2) is 11.5 Å². The van der Waals surface area contributed by atoms with Gasteiger partial charge in [0.25, 0.3) is 5.91 Å². The monoisotopic (exact) mass is 448 g/mol. The molecule has 0 fully saturated rings. The number of nitrogens with one attached hydrogen (secondary N) is 1. The van der Waals surface area contributed by atoms with Crippen molar-refractivity contribution in [2.75, 3.05) is 13.7 Å². The summed E-state index contributed by atoms with van der Waals surface area (Å²) < 4.78 is 16.6. The summed E-state index contributed by atoms with van der Waals surface area (Å²) in [6, 6.07) is 18.6. The number of carboxylic acids is 1. The molecule has 0 saturated carbocycles. The highest BCUT2D eigenvalue weighted by Gasteiger charge is 2.11. The zero-order valence-corrected chi connectivity index (χ0v) is 18.3. The van der Waals surface area contributed by atoms with Crippen LogP contribution in [0, 0.1) is 0 Å². The molecule has 0 atom stereocenters. The topological polar surface area (TPSA) is 106 Å². The van der Waals surface area contributed by atoms with Gasteiger partial charge in [-0.25, -0.2) is 10.2 Å². The smallest absolute Gasteiger partial charge is 0.335 e. The maximum Gasteiger partial charge on any atom is 0.335 e. The van der Waals surface area contributed by atoms with Crippen LogP contribution in [0.3, 0.4) is 0 Å². The van der Waals surface area contributed by atoms with E-state index >= 15 is 0 Å². The average Bonchev–Trinajstić information content (AvgIpc) is 2.84. The van der Waals surface area contributed by atoms with E-state index in [2.05, 4.69) is 10.5 Å². The molecule has 0 aliphatic heterocycles. The van der Waals surface area contributed by atoms with Crippen LogP contribution >= 0.6 is 0 Å². The fourth-order valence-corrected chi connectivity index (χ4v) is 2.93. The number of hydrogen-bond acceptors (Lipinski definition) is 6. The number of carbonyl (C=O) groups excluding carboxylic acids is 1. The number of amides is 1. The summed E-state index contributed by atoms with van der Waals surface area (Å²) in [5.41, 5.74) is 4.58. The molecule has 8 heteroatoms. The predicted molar refractivity (Wildman–Crippen MR) is 123 cm³/mol. The molecule has 0 saturated heterocycles. The first-order valence-electron chi connectivity index (χ1n) is 10.2. The van der Waals surface area contributed by atoms with Crippen LogP contribution in [-0.4, -0.2) is 36.9 Å². The summed E-state index contributed by atoms with van der Waals surface area (Å²) in [6.07, 6.45) is 1.49. The second-order valence-electron chi connectivity index (χ2n) is 6.83. The maximum atomic E-state index is 12.4. The van der Waals surface area contributed by atoms with Gasteiger partial charge in [0.05, 0.1) is 25.5 Å². The molecule has 8 nitrogen and oxygen atoms in total.